The third-order valence-corrected chi connectivity index (χ3v) is 4.25. The van der Waals surface area contributed by atoms with Crippen LogP contribution in [0.25, 0.3) is 0 Å². The highest BCUT2D eigenvalue weighted by Gasteiger charge is 2.43. The highest BCUT2D eigenvalue weighted by atomic mass is 79.9. The van der Waals surface area contributed by atoms with E-state index in [2.05, 4.69) is 15.9 Å². The van der Waals surface area contributed by atoms with Crippen LogP contribution < -0.4 is 0 Å². The average molecular weight is 316 g/mol. The van der Waals surface area contributed by atoms with Crippen molar-refractivity contribution < 1.29 is 14.3 Å². The Morgan fingerprint density at radius 1 is 1.61 bits per heavy atom. The Morgan fingerprint density at radius 2 is 2.33 bits per heavy atom. The number of halogens is 2. The van der Waals surface area contributed by atoms with Gasteiger partial charge in [-0.25, -0.2) is 4.39 Å². The summed E-state index contributed by atoms with van der Waals surface area (Å²) in [4.78, 5) is 13.2. The average Bonchev–Trinajstić information content (AvgIpc) is 2.67. The molecule has 1 fully saturated rings. The van der Waals surface area contributed by atoms with Gasteiger partial charge in [-0.05, 0) is 59.9 Å². The molecular formula is C13H15BrFNO2. The van der Waals surface area contributed by atoms with Crippen LogP contribution in [0.1, 0.15) is 25.3 Å². The minimum Gasteiger partial charge on any atom is -0.480 e. The molecule has 2 rings (SSSR count). The summed E-state index contributed by atoms with van der Waals surface area (Å²) in [5, 5.41) is 9.30. The molecule has 1 N–H and O–H groups in total. The van der Waals surface area contributed by atoms with Crippen molar-refractivity contribution >= 4 is 21.9 Å². The number of rotatable bonds is 3. The molecule has 1 heterocycles. The topological polar surface area (TPSA) is 40.5 Å². The molecular weight excluding hydrogens is 301 g/mol. The van der Waals surface area contributed by atoms with Gasteiger partial charge in [0.05, 0.1) is 4.47 Å². The highest BCUT2D eigenvalue weighted by Crippen LogP contribution is 2.31. The van der Waals surface area contributed by atoms with Crippen molar-refractivity contribution in [2.24, 2.45) is 0 Å². The molecule has 3 nitrogen and oxygen atoms in total. The number of nitrogens with zero attached hydrogens (tertiary/aromatic N) is 1. The maximum Gasteiger partial charge on any atom is 0.323 e. The van der Waals surface area contributed by atoms with Crippen LogP contribution in [0.5, 0.6) is 0 Å². The molecule has 1 aromatic carbocycles. The van der Waals surface area contributed by atoms with Crippen molar-refractivity contribution in [3.63, 3.8) is 0 Å². The molecule has 1 aliphatic rings. The molecule has 0 spiro atoms. The van der Waals surface area contributed by atoms with Gasteiger partial charge in [0, 0.05) is 6.54 Å². The van der Waals surface area contributed by atoms with E-state index in [1.807, 2.05) is 11.0 Å². The molecule has 5 heteroatoms. The van der Waals surface area contributed by atoms with Crippen LogP contribution >= 0.6 is 15.9 Å². The van der Waals surface area contributed by atoms with Crippen LogP contribution in [0.4, 0.5) is 4.39 Å². The fourth-order valence-electron chi connectivity index (χ4n) is 2.37. The van der Waals surface area contributed by atoms with Crippen molar-refractivity contribution in [3.8, 4) is 0 Å². The molecule has 18 heavy (non-hydrogen) atoms. The molecule has 0 aliphatic carbocycles. The lowest BCUT2D eigenvalue weighted by atomic mass is 9.99. The van der Waals surface area contributed by atoms with E-state index in [9.17, 15) is 14.3 Å². The molecule has 0 radical (unpaired) electrons. The number of likely N-dealkylation sites (tertiary alicyclic amines) is 1. The number of benzene rings is 1. The summed E-state index contributed by atoms with van der Waals surface area (Å²) in [5.74, 6) is -1.12. The molecule has 1 aliphatic heterocycles. The maximum absolute atomic E-state index is 13.4. The van der Waals surface area contributed by atoms with E-state index in [1.54, 1.807) is 13.0 Å². The van der Waals surface area contributed by atoms with E-state index >= 15 is 0 Å². The minimum absolute atomic E-state index is 0.316. The zero-order chi connectivity index (χ0) is 13.3. The van der Waals surface area contributed by atoms with Gasteiger partial charge in [0.15, 0.2) is 0 Å². The summed E-state index contributed by atoms with van der Waals surface area (Å²) in [6.45, 7) is 2.94. The van der Waals surface area contributed by atoms with Gasteiger partial charge >= 0.3 is 5.97 Å². The highest BCUT2D eigenvalue weighted by molar-refractivity contribution is 9.10. The lowest BCUT2D eigenvalue weighted by Gasteiger charge is -2.31. The molecule has 98 valence electrons. The van der Waals surface area contributed by atoms with Gasteiger partial charge in [-0.1, -0.05) is 6.07 Å². The van der Waals surface area contributed by atoms with Gasteiger partial charge in [-0.15, -0.1) is 0 Å². The lowest BCUT2D eigenvalue weighted by Crippen LogP contribution is -2.47. The zero-order valence-electron chi connectivity index (χ0n) is 10.1. The van der Waals surface area contributed by atoms with Crippen LogP contribution in [-0.4, -0.2) is 28.1 Å². The molecule has 1 atom stereocenters. The number of carboxylic acids is 1. The second-order valence-electron chi connectivity index (χ2n) is 4.85. The number of aliphatic carboxylic acids is 1. The first-order valence-corrected chi connectivity index (χ1v) is 6.65. The maximum atomic E-state index is 13.4. The molecule has 1 unspecified atom stereocenters. The third-order valence-electron chi connectivity index (χ3n) is 3.61. The van der Waals surface area contributed by atoms with Crippen molar-refractivity contribution in [3.05, 3.63) is 34.1 Å². The summed E-state index contributed by atoms with van der Waals surface area (Å²) >= 11 is 3.10. The van der Waals surface area contributed by atoms with Crippen LogP contribution in [0.15, 0.2) is 22.7 Å². The quantitative estimate of drug-likeness (QED) is 0.932. The SMILES string of the molecule is CC1(C(=O)O)CCCN1Cc1ccc(Br)c(F)c1. The van der Waals surface area contributed by atoms with Crippen LogP contribution in [0.2, 0.25) is 0 Å². The lowest BCUT2D eigenvalue weighted by molar-refractivity contribution is -0.148. The van der Waals surface area contributed by atoms with Crippen LogP contribution in [-0.2, 0) is 11.3 Å². The van der Waals surface area contributed by atoms with Gasteiger partial charge in [0.25, 0.3) is 0 Å². The Kier molecular flexibility index (Phi) is 3.73. The number of carboxylic acid groups (broad SMARTS) is 1. The molecule has 0 amide bonds. The summed E-state index contributed by atoms with van der Waals surface area (Å²) in [7, 11) is 0. The zero-order valence-corrected chi connectivity index (χ0v) is 11.7. The smallest absolute Gasteiger partial charge is 0.323 e. The first-order valence-electron chi connectivity index (χ1n) is 5.86. The first-order chi connectivity index (χ1) is 8.43. The van der Waals surface area contributed by atoms with E-state index in [0.717, 1.165) is 18.5 Å². The normalized spacial score (nSPS) is 24.4. The summed E-state index contributed by atoms with van der Waals surface area (Å²) in [6, 6.07) is 4.91. The van der Waals surface area contributed by atoms with E-state index in [-0.39, 0.29) is 5.82 Å². The van der Waals surface area contributed by atoms with E-state index in [1.165, 1.54) is 6.07 Å². The number of carbonyl (C=O) groups is 1. The monoisotopic (exact) mass is 315 g/mol. The Bertz CT molecular complexity index is 480. The van der Waals surface area contributed by atoms with Gasteiger partial charge in [-0.3, -0.25) is 9.69 Å². The number of hydrogen-bond acceptors (Lipinski definition) is 2. The second kappa shape index (κ2) is 4.97. The van der Waals surface area contributed by atoms with Gasteiger partial charge in [-0.2, -0.15) is 0 Å². The summed E-state index contributed by atoms with van der Waals surface area (Å²) in [6.07, 6.45) is 1.50. The Morgan fingerprint density at radius 3 is 2.94 bits per heavy atom. The molecule has 0 saturated carbocycles. The predicted molar refractivity (Wildman–Crippen MR) is 69.8 cm³/mol. The van der Waals surface area contributed by atoms with Gasteiger partial charge in [0.1, 0.15) is 11.4 Å². The van der Waals surface area contributed by atoms with Gasteiger partial charge < -0.3 is 5.11 Å². The van der Waals surface area contributed by atoms with E-state index < -0.39 is 11.5 Å². The van der Waals surface area contributed by atoms with Crippen molar-refractivity contribution in [2.45, 2.75) is 31.8 Å². The Labute approximate surface area is 114 Å². The second-order valence-corrected chi connectivity index (χ2v) is 5.71. The first kappa shape index (κ1) is 13.5. The molecule has 0 bridgehead atoms. The summed E-state index contributed by atoms with van der Waals surface area (Å²) in [5.41, 5.74) is -0.0334. The molecule has 1 aromatic rings. The fourth-order valence-corrected chi connectivity index (χ4v) is 2.62. The van der Waals surface area contributed by atoms with Crippen molar-refractivity contribution in [2.75, 3.05) is 6.54 Å². The van der Waals surface area contributed by atoms with Gasteiger partial charge in [0.2, 0.25) is 0 Å². The molecule has 1 saturated heterocycles. The van der Waals surface area contributed by atoms with E-state index in [4.69, 9.17) is 0 Å². The Balaban J connectivity index is 2.18. The third kappa shape index (κ3) is 2.42. The largest absolute Gasteiger partial charge is 0.480 e. The standard InChI is InChI=1S/C13H15BrFNO2/c1-13(12(17)18)5-2-6-16(13)8-9-3-4-10(14)11(15)7-9/h3-4,7H,2,5-6,8H2,1H3,(H,17,18). The van der Waals surface area contributed by atoms with Crippen LogP contribution in [0, 0.1) is 5.82 Å². The van der Waals surface area contributed by atoms with Crippen molar-refractivity contribution in [1.29, 1.82) is 0 Å². The number of hydrogen-bond donors (Lipinski definition) is 1. The fraction of sp³-hybridized carbons (Fsp3) is 0.462. The summed E-state index contributed by atoms with van der Waals surface area (Å²) < 4.78 is 13.8. The van der Waals surface area contributed by atoms with Crippen LogP contribution in [0.3, 0.4) is 0 Å². The van der Waals surface area contributed by atoms with Crippen molar-refractivity contribution in [1.82, 2.24) is 4.90 Å². The minimum atomic E-state index is -0.830. The predicted octanol–water partition coefficient (Wildman–Crippen LogP) is 3.03. The van der Waals surface area contributed by atoms with E-state index in [0.29, 0.717) is 17.4 Å². The Hall–Kier alpha value is -0.940. The molecule has 0 aromatic heterocycles.